The highest BCUT2D eigenvalue weighted by atomic mass is 35.5. The fourth-order valence-electron chi connectivity index (χ4n) is 5.45. The van der Waals surface area contributed by atoms with Crippen LogP contribution in [0.4, 0.5) is 5.69 Å². The van der Waals surface area contributed by atoms with Crippen LogP contribution in [0.2, 0.25) is 5.02 Å². The Hall–Kier alpha value is -3.38. The molecular formula is C29H29ClN2O4. The highest BCUT2D eigenvalue weighted by Crippen LogP contribution is 2.48. The number of aryl methyl sites for hydroxylation is 2. The van der Waals surface area contributed by atoms with E-state index in [9.17, 15) is 14.4 Å². The first-order chi connectivity index (χ1) is 17.3. The van der Waals surface area contributed by atoms with Gasteiger partial charge in [0, 0.05) is 57.6 Å². The van der Waals surface area contributed by atoms with Crippen molar-refractivity contribution in [2.24, 2.45) is 0 Å². The summed E-state index contributed by atoms with van der Waals surface area (Å²) < 4.78 is 6.01. The number of amides is 1. The molecule has 36 heavy (non-hydrogen) atoms. The van der Waals surface area contributed by atoms with E-state index in [2.05, 4.69) is 10.6 Å². The highest BCUT2D eigenvalue weighted by molar-refractivity contribution is 6.30. The molecule has 0 unspecified atom stereocenters. The van der Waals surface area contributed by atoms with E-state index in [0.29, 0.717) is 40.3 Å². The third-order valence-electron chi connectivity index (χ3n) is 7.09. The minimum absolute atomic E-state index is 0.0391. The number of rotatable bonds is 5. The van der Waals surface area contributed by atoms with Crippen molar-refractivity contribution in [3.05, 3.63) is 80.7 Å². The van der Waals surface area contributed by atoms with Crippen molar-refractivity contribution in [1.29, 1.82) is 0 Å². The summed E-state index contributed by atoms with van der Waals surface area (Å²) in [7, 11) is 0. The summed E-state index contributed by atoms with van der Waals surface area (Å²) >= 11 is 6.41. The Morgan fingerprint density at radius 1 is 0.972 bits per heavy atom. The predicted octanol–water partition coefficient (Wildman–Crippen LogP) is 5.68. The molecule has 0 saturated heterocycles. The molecule has 6 nitrogen and oxygen atoms in total. The van der Waals surface area contributed by atoms with Gasteiger partial charge in [0.2, 0.25) is 0 Å². The molecular weight excluding hydrogens is 476 g/mol. The molecule has 0 bridgehead atoms. The second-order valence-electron chi connectivity index (χ2n) is 9.73. The minimum atomic E-state index is -0.548. The van der Waals surface area contributed by atoms with Gasteiger partial charge in [0.05, 0.1) is 0 Å². The standard InChI is InChI=1S/C29H29ClN2O4/c1-16-9-11-20(17(2)13-16)32-26(35)15-36-25-12-10-18(30)14-19(25)27-28-21(5-3-7-23(28)33)31-22-6-4-8-24(34)29(22)27/h9-14,27,31H,3-8,15H2,1-2H3,(H,32,35). The van der Waals surface area contributed by atoms with Crippen LogP contribution < -0.4 is 15.4 Å². The number of allylic oxidation sites excluding steroid dienone is 4. The molecule has 7 heteroatoms. The zero-order valence-electron chi connectivity index (χ0n) is 20.5. The van der Waals surface area contributed by atoms with Gasteiger partial charge in [-0.05, 0) is 69.4 Å². The first-order valence-corrected chi connectivity index (χ1v) is 12.8. The van der Waals surface area contributed by atoms with Crippen molar-refractivity contribution < 1.29 is 19.1 Å². The number of ether oxygens (including phenoxy) is 1. The lowest BCUT2D eigenvalue weighted by Gasteiger charge is -2.37. The molecule has 3 aliphatic rings. The van der Waals surface area contributed by atoms with Crippen molar-refractivity contribution in [2.45, 2.75) is 58.3 Å². The Bertz CT molecular complexity index is 1300. The summed E-state index contributed by atoms with van der Waals surface area (Å²) in [6, 6.07) is 11.0. The lowest BCUT2D eigenvalue weighted by molar-refractivity contribution is -0.119. The van der Waals surface area contributed by atoms with Crippen LogP contribution >= 0.6 is 11.6 Å². The smallest absolute Gasteiger partial charge is 0.262 e. The van der Waals surface area contributed by atoms with Crippen LogP contribution in [0.5, 0.6) is 5.75 Å². The fourth-order valence-corrected chi connectivity index (χ4v) is 5.63. The van der Waals surface area contributed by atoms with E-state index in [1.165, 1.54) is 0 Å². The van der Waals surface area contributed by atoms with Gasteiger partial charge in [-0.15, -0.1) is 0 Å². The summed E-state index contributed by atoms with van der Waals surface area (Å²) in [5.74, 6) is -0.324. The molecule has 186 valence electrons. The molecule has 2 aromatic rings. The van der Waals surface area contributed by atoms with Gasteiger partial charge in [0.1, 0.15) is 5.75 Å². The average molecular weight is 505 g/mol. The van der Waals surface area contributed by atoms with Gasteiger partial charge >= 0.3 is 0 Å². The molecule has 0 fully saturated rings. The predicted molar refractivity (Wildman–Crippen MR) is 139 cm³/mol. The van der Waals surface area contributed by atoms with Gasteiger partial charge in [-0.25, -0.2) is 0 Å². The first kappa shape index (κ1) is 24.3. The fraction of sp³-hybridized carbons (Fsp3) is 0.345. The Balaban J connectivity index is 1.48. The molecule has 1 amide bonds. The highest BCUT2D eigenvalue weighted by Gasteiger charge is 2.41. The van der Waals surface area contributed by atoms with Crippen LogP contribution in [0.1, 0.15) is 61.1 Å². The second kappa shape index (κ2) is 9.94. The quantitative estimate of drug-likeness (QED) is 0.547. The summed E-state index contributed by atoms with van der Waals surface area (Å²) in [5, 5.41) is 6.79. The van der Waals surface area contributed by atoms with Crippen molar-refractivity contribution >= 4 is 34.8 Å². The summed E-state index contributed by atoms with van der Waals surface area (Å²) in [4.78, 5) is 39.0. The molecule has 0 aromatic heterocycles. The number of hydrogen-bond acceptors (Lipinski definition) is 5. The van der Waals surface area contributed by atoms with Gasteiger partial charge in [-0.2, -0.15) is 0 Å². The van der Waals surface area contributed by atoms with E-state index in [1.807, 2.05) is 32.0 Å². The molecule has 0 saturated carbocycles. The van der Waals surface area contributed by atoms with E-state index >= 15 is 0 Å². The van der Waals surface area contributed by atoms with E-state index in [4.69, 9.17) is 16.3 Å². The lowest BCUT2D eigenvalue weighted by Crippen LogP contribution is -2.36. The van der Waals surface area contributed by atoms with E-state index in [1.54, 1.807) is 18.2 Å². The average Bonchev–Trinajstić information content (AvgIpc) is 2.84. The Kier molecular flexibility index (Phi) is 6.71. The normalized spacial score (nSPS) is 18.0. The van der Waals surface area contributed by atoms with Crippen LogP contribution in [0, 0.1) is 13.8 Å². The maximum absolute atomic E-state index is 13.1. The zero-order chi connectivity index (χ0) is 25.4. The number of carbonyl (C=O) groups is 3. The van der Waals surface area contributed by atoms with Crippen molar-refractivity contribution in [3.63, 3.8) is 0 Å². The minimum Gasteiger partial charge on any atom is -0.483 e. The van der Waals surface area contributed by atoms with E-state index in [-0.39, 0.29) is 24.1 Å². The number of Topliss-reactive ketones (excluding diaryl/α,β-unsaturated/α-hetero) is 2. The van der Waals surface area contributed by atoms with Crippen LogP contribution in [-0.4, -0.2) is 24.1 Å². The number of benzene rings is 2. The van der Waals surface area contributed by atoms with Gasteiger partial charge in [0.15, 0.2) is 18.2 Å². The molecule has 5 rings (SSSR count). The van der Waals surface area contributed by atoms with Crippen LogP contribution in [0.25, 0.3) is 0 Å². The third-order valence-corrected chi connectivity index (χ3v) is 7.32. The molecule has 1 aliphatic heterocycles. The maximum Gasteiger partial charge on any atom is 0.262 e. The van der Waals surface area contributed by atoms with Crippen LogP contribution in [0.3, 0.4) is 0 Å². The summed E-state index contributed by atoms with van der Waals surface area (Å²) in [6.07, 6.45) is 3.98. The summed E-state index contributed by atoms with van der Waals surface area (Å²) in [5.41, 5.74) is 6.50. The van der Waals surface area contributed by atoms with Crippen LogP contribution in [0.15, 0.2) is 58.9 Å². The van der Waals surface area contributed by atoms with E-state index in [0.717, 1.165) is 53.9 Å². The molecule has 2 aliphatic carbocycles. The third kappa shape index (κ3) is 4.70. The Morgan fingerprint density at radius 3 is 2.28 bits per heavy atom. The topological polar surface area (TPSA) is 84.5 Å². The summed E-state index contributed by atoms with van der Waals surface area (Å²) in [6.45, 7) is 3.73. The number of anilines is 1. The number of dihydropyridines is 1. The zero-order valence-corrected chi connectivity index (χ0v) is 21.3. The second-order valence-corrected chi connectivity index (χ2v) is 10.2. The Morgan fingerprint density at radius 2 is 1.64 bits per heavy atom. The van der Waals surface area contributed by atoms with Gasteiger partial charge in [-0.1, -0.05) is 29.3 Å². The number of ketones is 2. The molecule has 0 atom stereocenters. The number of hydrogen-bond donors (Lipinski definition) is 2. The van der Waals surface area contributed by atoms with Crippen molar-refractivity contribution in [2.75, 3.05) is 11.9 Å². The lowest BCUT2D eigenvalue weighted by atomic mass is 9.71. The molecule has 2 N–H and O–H groups in total. The van der Waals surface area contributed by atoms with Gasteiger partial charge < -0.3 is 15.4 Å². The number of nitrogens with one attached hydrogen (secondary N) is 2. The van der Waals surface area contributed by atoms with Crippen LogP contribution in [-0.2, 0) is 14.4 Å². The Labute approximate surface area is 215 Å². The first-order valence-electron chi connectivity index (χ1n) is 12.4. The maximum atomic E-state index is 13.1. The van der Waals surface area contributed by atoms with Crippen molar-refractivity contribution in [3.8, 4) is 5.75 Å². The van der Waals surface area contributed by atoms with Crippen molar-refractivity contribution in [1.82, 2.24) is 5.32 Å². The SMILES string of the molecule is Cc1ccc(NC(=O)COc2ccc(Cl)cc2C2C3=C(CCCC3=O)NC3=C2C(=O)CCC3)c(C)c1. The molecule has 0 radical (unpaired) electrons. The molecule has 2 aromatic carbocycles. The van der Waals surface area contributed by atoms with Gasteiger partial charge in [0.25, 0.3) is 5.91 Å². The molecule has 1 heterocycles. The van der Waals surface area contributed by atoms with Gasteiger partial charge in [-0.3, -0.25) is 14.4 Å². The molecule has 0 spiro atoms. The monoisotopic (exact) mass is 504 g/mol. The number of halogens is 1. The largest absolute Gasteiger partial charge is 0.483 e. The van der Waals surface area contributed by atoms with E-state index < -0.39 is 5.92 Å². The number of carbonyl (C=O) groups excluding carboxylic acids is 3.